The van der Waals surface area contributed by atoms with Gasteiger partial charge in [0.15, 0.2) is 6.79 Å². The van der Waals surface area contributed by atoms with Crippen LogP contribution in [0.25, 0.3) is 0 Å². The van der Waals surface area contributed by atoms with Gasteiger partial charge in [0.25, 0.3) is 0 Å². The lowest BCUT2D eigenvalue weighted by Crippen LogP contribution is -2.23. The van der Waals surface area contributed by atoms with E-state index in [0.29, 0.717) is 29.6 Å². The molecule has 0 atom stereocenters. The van der Waals surface area contributed by atoms with Gasteiger partial charge < -0.3 is 15.2 Å². The van der Waals surface area contributed by atoms with Crippen LogP contribution in [0.5, 0.6) is 5.75 Å². The fraction of sp³-hybridized carbons (Fsp3) is 0.231. The van der Waals surface area contributed by atoms with E-state index in [0.717, 1.165) is 11.1 Å². The highest BCUT2D eigenvalue weighted by molar-refractivity contribution is 6.30. The number of hydrogen-bond donors (Lipinski definition) is 1. The molecule has 0 saturated carbocycles. The molecule has 1 aromatic carbocycles. The van der Waals surface area contributed by atoms with Crippen LogP contribution < -0.4 is 16.2 Å². The fourth-order valence-corrected chi connectivity index (χ4v) is 2.34. The Hall–Kier alpha value is -2.05. The summed E-state index contributed by atoms with van der Waals surface area (Å²) in [4.78, 5) is 15.4. The zero-order valence-electron chi connectivity index (χ0n) is 10.5. The number of fused-ring (bicyclic) bond motifs is 1. The molecule has 0 saturated heterocycles. The van der Waals surface area contributed by atoms with Crippen molar-refractivity contribution in [2.45, 2.75) is 13.2 Å². The molecule has 104 valence electrons. The lowest BCUT2D eigenvalue weighted by atomic mass is 10.1. The summed E-state index contributed by atoms with van der Waals surface area (Å²) in [5, 5.41) is 0.395. The van der Waals surface area contributed by atoms with Gasteiger partial charge in [-0.1, -0.05) is 11.6 Å². The molecule has 1 aliphatic rings. The minimum atomic E-state index is -0.377. The number of aromatic nitrogens is 2. The third-order valence-corrected chi connectivity index (χ3v) is 3.17. The molecule has 2 N–H and O–H groups in total. The van der Waals surface area contributed by atoms with Crippen LogP contribution in [-0.2, 0) is 17.9 Å². The fourth-order valence-electron chi connectivity index (χ4n) is 2.17. The summed E-state index contributed by atoms with van der Waals surface area (Å²) in [6, 6.07) is 3.58. The molecule has 0 amide bonds. The highest BCUT2D eigenvalue weighted by Crippen LogP contribution is 2.31. The van der Waals surface area contributed by atoms with Crippen molar-refractivity contribution < 1.29 is 9.47 Å². The van der Waals surface area contributed by atoms with E-state index in [1.807, 2.05) is 0 Å². The average molecular weight is 294 g/mol. The topological polar surface area (TPSA) is 79.4 Å². The van der Waals surface area contributed by atoms with Gasteiger partial charge in [0.05, 0.1) is 24.4 Å². The predicted molar refractivity (Wildman–Crippen MR) is 73.7 cm³/mol. The minimum absolute atomic E-state index is 0.187. The van der Waals surface area contributed by atoms with E-state index in [1.165, 1.54) is 17.0 Å². The molecule has 2 aromatic rings. The maximum absolute atomic E-state index is 11.7. The molecular weight excluding hydrogens is 282 g/mol. The summed E-state index contributed by atoms with van der Waals surface area (Å²) in [5.74, 6) is 0.706. The second-order valence-electron chi connectivity index (χ2n) is 4.46. The highest BCUT2D eigenvalue weighted by Gasteiger charge is 2.16. The first-order chi connectivity index (χ1) is 9.63. The molecule has 0 radical (unpaired) electrons. The second kappa shape index (κ2) is 5.15. The minimum Gasteiger partial charge on any atom is -0.467 e. The molecular formula is C13H12ClN3O3. The number of ether oxygens (including phenoxy) is 2. The lowest BCUT2D eigenvalue weighted by molar-refractivity contribution is -0.0170. The number of benzene rings is 1. The summed E-state index contributed by atoms with van der Waals surface area (Å²) in [5.41, 5.74) is 7.75. The van der Waals surface area contributed by atoms with E-state index < -0.39 is 0 Å². The number of anilines is 1. The van der Waals surface area contributed by atoms with Crippen molar-refractivity contribution in [1.82, 2.24) is 9.55 Å². The van der Waals surface area contributed by atoms with E-state index in [-0.39, 0.29) is 12.5 Å². The first kappa shape index (κ1) is 13.0. The molecule has 6 nitrogen and oxygen atoms in total. The number of halogens is 1. The van der Waals surface area contributed by atoms with Gasteiger partial charge in [0, 0.05) is 23.0 Å². The van der Waals surface area contributed by atoms with Crippen LogP contribution in [0, 0.1) is 0 Å². The Bertz CT molecular complexity index is 714. The van der Waals surface area contributed by atoms with Crippen LogP contribution in [0.15, 0.2) is 29.3 Å². The summed E-state index contributed by atoms with van der Waals surface area (Å²) < 4.78 is 12.1. The SMILES string of the molecule is Nc1cc2c(c(Cn3cc(Cl)cnc3=O)c1)OCOC2. The summed E-state index contributed by atoms with van der Waals surface area (Å²) >= 11 is 5.86. The van der Waals surface area contributed by atoms with Crippen molar-refractivity contribution in [3.8, 4) is 5.75 Å². The molecule has 0 aliphatic carbocycles. The molecule has 7 heteroatoms. The Kier molecular flexibility index (Phi) is 3.33. The quantitative estimate of drug-likeness (QED) is 0.847. The van der Waals surface area contributed by atoms with Crippen molar-refractivity contribution in [2.75, 3.05) is 12.5 Å². The molecule has 0 spiro atoms. The van der Waals surface area contributed by atoms with Crippen molar-refractivity contribution in [3.63, 3.8) is 0 Å². The van der Waals surface area contributed by atoms with Gasteiger partial charge in [-0.15, -0.1) is 0 Å². The third-order valence-electron chi connectivity index (χ3n) is 2.97. The Balaban J connectivity index is 2.04. The van der Waals surface area contributed by atoms with E-state index in [1.54, 1.807) is 12.1 Å². The maximum Gasteiger partial charge on any atom is 0.347 e. The predicted octanol–water partition coefficient (Wildman–Crippen LogP) is 1.39. The van der Waals surface area contributed by atoms with Crippen LogP contribution >= 0.6 is 11.6 Å². The van der Waals surface area contributed by atoms with Gasteiger partial charge in [0.1, 0.15) is 5.75 Å². The zero-order chi connectivity index (χ0) is 14.1. The molecule has 3 rings (SSSR count). The molecule has 0 unspecified atom stereocenters. The summed E-state index contributed by atoms with van der Waals surface area (Å²) in [6.45, 7) is 0.919. The van der Waals surface area contributed by atoms with Gasteiger partial charge >= 0.3 is 5.69 Å². The monoisotopic (exact) mass is 293 g/mol. The Morgan fingerprint density at radius 2 is 2.30 bits per heavy atom. The highest BCUT2D eigenvalue weighted by atomic mass is 35.5. The van der Waals surface area contributed by atoms with Crippen molar-refractivity contribution in [1.29, 1.82) is 0 Å². The molecule has 2 heterocycles. The summed E-state index contributed by atoms with van der Waals surface area (Å²) in [6.07, 6.45) is 2.85. The van der Waals surface area contributed by atoms with E-state index >= 15 is 0 Å². The Labute approximate surface area is 119 Å². The normalized spacial score (nSPS) is 13.7. The van der Waals surface area contributed by atoms with Gasteiger partial charge in [-0.3, -0.25) is 4.57 Å². The maximum atomic E-state index is 11.7. The number of rotatable bonds is 2. The van der Waals surface area contributed by atoms with Gasteiger partial charge in [0.2, 0.25) is 0 Å². The Morgan fingerprint density at radius 1 is 1.45 bits per heavy atom. The van der Waals surface area contributed by atoms with E-state index in [9.17, 15) is 4.79 Å². The molecule has 0 bridgehead atoms. The largest absolute Gasteiger partial charge is 0.467 e. The number of nitrogens with zero attached hydrogens (tertiary/aromatic N) is 2. The lowest BCUT2D eigenvalue weighted by Gasteiger charge is -2.21. The number of nitrogen functional groups attached to an aromatic ring is 1. The smallest absolute Gasteiger partial charge is 0.347 e. The van der Waals surface area contributed by atoms with Gasteiger partial charge in [-0.05, 0) is 12.1 Å². The third kappa shape index (κ3) is 2.48. The zero-order valence-corrected chi connectivity index (χ0v) is 11.3. The molecule has 1 aromatic heterocycles. The van der Waals surface area contributed by atoms with E-state index in [2.05, 4.69) is 4.98 Å². The van der Waals surface area contributed by atoms with Crippen molar-refractivity contribution >= 4 is 17.3 Å². The van der Waals surface area contributed by atoms with Crippen molar-refractivity contribution in [2.24, 2.45) is 0 Å². The average Bonchev–Trinajstić information content (AvgIpc) is 2.43. The Morgan fingerprint density at radius 3 is 3.15 bits per heavy atom. The molecule has 20 heavy (non-hydrogen) atoms. The molecule has 1 aliphatic heterocycles. The van der Waals surface area contributed by atoms with Crippen LogP contribution in [-0.4, -0.2) is 16.3 Å². The number of hydrogen-bond acceptors (Lipinski definition) is 5. The first-order valence-corrected chi connectivity index (χ1v) is 6.35. The summed E-state index contributed by atoms with van der Waals surface area (Å²) in [7, 11) is 0. The van der Waals surface area contributed by atoms with Gasteiger partial charge in [-0.2, -0.15) is 0 Å². The van der Waals surface area contributed by atoms with Gasteiger partial charge in [-0.25, -0.2) is 9.78 Å². The van der Waals surface area contributed by atoms with Crippen LogP contribution in [0.1, 0.15) is 11.1 Å². The first-order valence-electron chi connectivity index (χ1n) is 5.97. The number of nitrogens with two attached hydrogens (primary N) is 1. The van der Waals surface area contributed by atoms with Crippen LogP contribution in [0.2, 0.25) is 5.02 Å². The standard InChI is InChI=1S/C13H12ClN3O3/c14-10-3-16-13(18)17(5-10)4-8-1-11(15)2-9-6-19-7-20-12(8)9/h1-3,5H,4,6-7,15H2. The van der Waals surface area contributed by atoms with E-state index in [4.69, 9.17) is 26.8 Å². The molecule has 0 fully saturated rings. The second-order valence-corrected chi connectivity index (χ2v) is 4.90. The van der Waals surface area contributed by atoms with Crippen molar-refractivity contribution in [3.05, 3.63) is 51.2 Å². The van der Waals surface area contributed by atoms with Crippen LogP contribution in [0.4, 0.5) is 5.69 Å². The van der Waals surface area contributed by atoms with Crippen LogP contribution in [0.3, 0.4) is 0 Å².